The Morgan fingerprint density at radius 3 is 2.44 bits per heavy atom. The summed E-state index contributed by atoms with van der Waals surface area (Å²) >= 11 is 0. The first kappa shape index (κ1) is 25.1. The molecule has 1 aliphatic rings. The molecule has 2 unspecified atom stereocenters. The fourth-order valence-corrected chi connectivity index (χ4v) is 3.77. The molecule has 10 heteroatoms. The first-order valence-electron chi connectivity index (χ1n) is 11.1. The van der Waals surface area contributed by atoms with Crippen molar-refractivity contribution in [3.8, 4) is 0 Å². The lowest BCUT2D eigenvalue weighted by Crippen LogP contribution is -2.30. The van der Waals surface area contributed by atoms with Crippen LogP contribution in [0.25, 0.3) is 0 Å². The van der Waals surface area contributed by atoms with Crippen LogP contribution in [0.4, 0.5) is 29.3 Å². The smallest absolute Gasteiger partial charge is 0.334 e. The zero-order chi connectivity index (χ0) is 24.7. The van der Waals surface area contributed by atoms with Crippen LogP contribution in [0.5, 0.6) is 0 Å². The van der Waals surface area contributed by atoms with Gasteiger partial charge in [0.2, 0.25) is 5.91 Å². The summed E-state index contributed by atoms with van der Waals surface area (Å²) in [6, 6.07) is 10.7. The van der Waals surface area contributed by atoms with Crippen molar-refractivity contribution in [2.75, 3.05) is 10.6 Å². The van der Waals surface area contributed by atoms with Crippen LogP contribution in [-0.2, 0) is 11.0 Å². The van der Waals surface area contributed by atoms with E-state index in [-0.39, 0.29) is 47.4 Å². The number of benzene rings is 2. The Hall–Kier alpha value is -3.56. The van der Waals surface area contributed by atoms with Crippen molar-refractivity contribution < 1.29 is 27.6 Å². The van der Waals surface area contributed by atoms with Crippen molar-refractivity contribution >= 4 is 29.2 Å². The minimum atomic E-state index is -4.52. The van der Waals surface area contributed by atoms with Gasteiger partial charge in [-0.1, -0.05) is 31.0 Å². The third-order valence-electron chi connectivity index (χ3n) is 5.59. The fourth-order valence-electron chi connectivity index (χ4n) is 3.77. The van der Waals surface area contributed by atoms with Gasteiger partial charge in [-0.2, -0.15) is 13.2 Å². The lowest BCUT2D eigenvalue weighted by Gasteiger charge is -2.14. The van der Waals surface area contributed by atoms with Crippen molar-refractivity contribution in [1.82, 2.24) is 10.6 Å². The highest BCUT2D eigenvalue weighted by molar-refractivity contribution is 6.10. The predicted octanol–water partition coefficient (Wildman–Crippen LogP) is 4.92. The highest BCUT2D eigenvalue weighted by Gasteiger charge is 2.30. The fraction of sp³-hybridized carbons (Fsp3) is 0.375. The van der Waals surface area contributed by atoms with Gasteiger partial charge in [-0.3, -0.25) is 9.59 Å². The lowest BCUT2D eigenvalue weighted by atomic mass is 10.0. The molecule has 7 nitrogen and oxygen atoms in total. The number of rotatable bonds is 9. The van der Waals surface area contributed by atoms with E-state index in [9.17, 15) is 27.6 Å². The molecule has 1 heterocycles. The Labute approximate surface area is 195 Å². The number of unbranched alkanes of at least 4 members (excludes halogenated alkanes) is 2. The topological polar surface area (TPSA) is 99.3 Å². The number of urea groups is 1. The SMILES string of the molecule is CC1NC(=O)NC1CCCCCC(=O)Nc1ccccc1C(=O)Nc1cccc(C(F)(F)F)c1. The van der Waals surface area contributed by atoms with Gasteiger partial charge in [0, 0.05) is 18.2 Å². The van der Waals surface area contributed by atoms with Crippen LogP contribution in [0, 0.1) is 0 Å². The molecule has 3 rings (SSSR count). The number of anilines is 2. The van der Waals surface area contributed by atoms with Crippen molar-refractivity contribution in [2.24, 2.45) is 0 Å². The van der Waals surface area contributed by atoms with Gasteiger partial charge in [0.25, 0.3) is 5.91 Å². The second kappa shape index (κ2) is 11.0. The second-order valence-corrected chi connectivity index (χ2v) is 8.24. The summed E-state index contributed by atoms with van der Waals surface area (Å²) in [6.07, 6.45) is -1.13. The molecule has 4 N–H and O–H groups in total. The molecule has 182 valence electrons. The number of nitrogens with one attached hydrogen (secondary N) is 4. The summed E-state index contributed by atoms with van der Waals surface area (Å²) in [7, 11) is 0. The van der Waals surface area contributed by atoms with Crippen molar-refractivity contribution in [2.45, 2.75) is 57.3 Å². The molecule has 4 amide bonds. The van der Waals surface area contributed by atoms with Gasteiger partial charge in [0.15, 0.2) is 0 Å². The highest BCUT2D eigenvalue weighted by Crippen LogP contribution is 2.31. The molecule has 34 heavy (non-hydrogen) atoms. The van der Waals surface area contributed by atoms with E-state index in [1.807, 2.05) is 6.92 Å². The molecule has 2 aromatic rings. The Bertz CT molecular complexity index is 1040. The van der Waals surface area contributed by atoms with E-state index >= 15 is 0 Å². The Morgan fingerprint density at radius 1 is 0.971 bits per heavy atom. The average Bonchev–Trinajstić information content (AvgIpc) is 3.10. The third kappa shape index (κ3) is 6.97. The van der Waals surface area contributed by atoms with E-state index in [4.69, 9.17) is 0 Å². The molecular weight excluding hydrogens is 449 g/mol. The molecule has 0 bridgehead atoms. The molecule has 0 saturated carbocycles. The summed E-state index contributed by atoms with van der Waals surface area (Å²) in [6.45, 7) is 1.94. The first-order chi connectivity index (χ1) is 16.1. The maximum absolute atomic E-state index is 12.9. The molecule has 1 aliphatic heterocycles. The van der Waals surface area contributed by atoms with E-state index in [1.165, 1.54) is 18.2 Å². The normalized spacial score (nSPS) is 17.6. The summed E-state index contributed by atoms with van der Waals surface area (Å²) in [4.78, 5) is 36.4. The third-order valence-corrected chi connectivity index (χ3v) is 5.59. The number of hydrogen-bond acceptors (Lipinski definition) is 3. The number of carbonyl (C=O) groups excluding carboxylic acids is 3. The molecular formula is C24H27F3N4O3. The monoisotopic (exact) mass is 476 g/mol. The molecule has 0 aromatic heterocycles. The minimum absolute atomic E-state index is 0.00363. The molecule has 2 aromatic carbocycles. The maximum Gasteiger partial charge on any atom is 0.416 e. The van der Waals surface area contributed by atoms with Crippen molar-refractivity contribution in [3.05, 3.63) is 59.7 Å². The van der Waals surface area contributed by atoms with Crippen LogP contribution in [0.1, 0.15) is 54.9 Å². The number of carbonyl (C=O) groups is 3. The molecule has 0 spiro atoms. The molecule has 0 aliphatic carbocycles. The van der Waals surface area contributed by atoms with E-state index in [0.717, 1.165) is 31.4 Å². The van der Waals surface area contributed by atoms with E-state index in [1.54, 1.807) is 18.2 Å². The minimum Gasteiger partial charge on any atom is -0.334 e. The summed E-state index contributed by atoms with van der Waals surface area (Å²) in [5.41, 5.74) is -0.436. The van der Waals surface area contributed by atoms with Gasteiger partial charge in [-0.25, -0.2) is 4.79 Å². The van der Waals surface area contributed by atoms with Crippen molar-refractivity contribution in [1.29, 1.82) is 0 Å². The standard InChI is InChI=1S/C24H27F3N4O3/c1-15-19(31-23(34)28-15)11-3-2-4-13-21(32)30-20-12-6-5-10-18(20)22(33)29-17-9-7-8-16(14-17)24(25,26)27/h5-10,12,14-15,19H,2-4,11,13H2,1H3,(H,29,33)(H,30,32)(H2,28,31,34). The number of halogens is 3. The van der Waals surface area contributed by atoms with Gasteiger partial charge < -0.3 is 21.3 Å². The van der Waals surface area contributed by atoms with Crippen LogP contribution in [-0.4, -0.2) is 29.9 Å². The van der Waals surface area contributed by atoms with Crippen molar-refractivity contribution in [3.63, 3.8) is 0 Å². The lowest BCUT2D eigenvalue weighted by molar-refractivity contribution is -0.137. The van der Waals surface area contributed by atoms with Gasteiger partial charge in [-0.05, 0) is 50.1 Å². The molecule has 2 atom stereocenters. The molecule has 0 radical (unpaired) electrons. The summed E-state index contributed by atoms with van der Waals surface area (Å²) < 4.78 is 38.8. The zero-order valence-corrected chi connectivity index (χ0v) is 18.7. The quantitative estimate of drug-likeness (QED) is 0.387. The summed E-state index contributed by atoms with van der Waals surface area (Å²) in [5.74, 6) is -0.889. The first-order valence-corrected chi connectivity index (χ1v) is 11.1. The molecule has 1 fully saturated rings. The van der Waals surface area contributed by atoms with Crippen LogP contribution in [0.3, 0.4) is 0 Å². The number of amides is 4. The maximum atomic E-state index is 12.9. The van der Waals surface area contributed by atoms with Gasteiger partial charge in [0.05, 0.1) is 22.9 Å². The van der Waals surface area contributed by atoms with E-state index < -0.39 is 17.6 Å². The second-order valence-electron chi connectivity index (χ2n) is 8.24. The van der Waals surface area contributed by atoms with E-state index in [0.29, 0.717) is 6.42 Å². The predicted molar refractivity (Wildman–Crippen MR) is 122 cm³/mol. The Morgan fingerprint density at radius 2 is 1.74 bits per heavy atom. The largest absolute Gasteiger partial charge is 0.416 e. The van der Waals surface area contributed by atoms with Crippen LogP contribution < -0.4 is 21.3 Å². The van der Waals surface area contributed by atoms with Gasteiger partial charge >= 0.3 is 12.2 Å². The Kier molecular flexibility index (Phi) is 8.14. The number of hydrogen-bond donors (Lipinski definition) is 4. The van der Waals surface area contributed by atoms with Crippen LogP contribution >= 0.6 is 0 Å². The average molecular weight is 476 g/mol. The van der Waals surface area contributed by atoms with Crippen LogP contribution in [0.2, 0.25) is 0 Å². The summed E-state index contributed by atoms with van der Waals surface area (Å²) in [5, 5.41) is 10.8. The van der Waals surface area contributed by atoms with Crippen LogP contribution in [0.15, 0.2) is 48.5 Å². The number of alkyl halides is 3. The van der Waals surface area contributed by atoms with E-state index in [2.05, 4.69) is 21.3 Å². The Balaban J connectivity index is 1.50. The van der Waals surface area contributed by atoms with Gasteiger partial charge in [-0.15, -0.1) is 0 Å². The van der Waals surface area contributed by atoms with Gasteiger partial charge in [0.1, 0.15) is 0 Å². The zero-order valence-electron chi connectivity index (χ0n) is 18.7. The molecule has 1 saturated heterocycles. The highest BCUT2D eigenvalue weighted by atomic mass is 19.4. The number of para-hydroxylation sites is 1.